The highest BCUT2D eigenvalue weighted by atomic mass is 35.5. The highest BCUT2D eigenvalue weighted by Gasteiger charge is 2.24. The SMILES string of the molecule is N#CC1CN(C(=O)c2ccnc(Cl)c2)CCO1. The van der Waals surface area contributed by atoms with Gasteiger partial charge < -0.3 is 9.64 Å². The molecule has 1 fully saturated rings. The van der Waals surface area contributed by atoms with Crippen molar-refractivity contribution in [2.45, 2.75) is 6.10 Å². The van der Waals surface area contributed by atoms with Crippen LogP contribution in [-0.2, 0) is 4.74 Å². The molecule has 88 valence electrons. The van der Waals surface area contributed by atoms with Gasteiger partial charge in [-0.1, -0.05) is 11.6 Å². The number of aromatic nitrogens is 1. The lowest BCUT2D eigenvalue weighted by molar-refractivity contribution is 0.00346. The second-order valence-electron chi connectivity index (χ2n) is 3.61. The third-order valence-electron chi connectivity index (χ3n) is 2.47. The first-order valence-electron chi connectivity index (χ1n) is 5.13. The Morgan fingerprint density at radius 3 is 3.24 bits per heavy atom. The van der Waals surface area contributed by atoms with Crippen LogP contribution in [0.2, 0.25) is 5.15 Å². The Labute approximate surface area is 104 Å². The van der Waals surface area contributed by atoms with Crippen molar-refractivity contribution in [3.8, 4) is 6.07 Å². The van der Waals surface area contributed by atoms with E-state index in [1.807, 2.05) is 6.07 Å². The smallest absolute Gasteiger partial charge is 0.254 e. The van der Waals surface area contributed by atoms with E-state index in [4.69, 9.17) is 21.6 Å². The van der Waals surface area contributed by atoms with Crippen LogP contribution in [0.4, 0.5) is 0 Å². The van der Waals surface area contributed by atoms with Crippen molar-refractivity contribution >= 4 is 17.5 Å². The van der Waals surface area contributed by atoms with E-state index in [0.29, 0.717) is 18.7 Å². The molecule has 1 aliphatic rings. The molecule has 0 bridgehead atoms. The lowest BCUT2D eigenvalue weighted by atomic mass is 10.2. The van der Waals surface area contributed by atoms with Crippen molar-refractivity contribution < 1.29 is 9.53 Å². The minimum Gasteiger partial charge on any atom is -0.360 e. The summed E-state index contributed by atoms with van der Waals surface area (Å²) in [4.78, 5) is 17.5. The highest BCUT2D eigenvalue weighted by Crippen LogP contribution is 2.12. The predicted molar refractivity (Wildman–Crippen MR) is 60.5 cm³/mol. The number of rotatable bonds is 1. The molecule has 1 unspecified atom stereocenters. The Balaban J connectivity index is 2.12. The van der Waals surface area contributed by atoms with E-state index in [1.54, 1.807) is 11.0 Å². The summed E-state index contributed by atoms with van der Waals surface area (Å²) in [5, 5.41) is 9.04. The summed E-state index contributed by atoms with van der Waals surface area (Å²) in [7, 11) is 0. The van der Waals surface area contributed by atoms with Crippen LogP contribution < -0.4 is 0 Å². The fourth-order valence-electron chi connectivity index (χ4n) is 1.63. The van der Waals surface area contributed by atoms with Gasteiger partial charge in [0.05, 0.1) is 19.2 Å². The number of halogens is 1. The summed E-state index contributed by atoms with van der Waals surface area (Å²) < 4.78 is 5.17. The minimum absolute atomic E-state index is 0.155. The number of hydrogen-bond donors (Lipinski definition) is 0. The van der Waals surface area contributed by atoms with E-state index in [-0.39, 0.29) is 17.6 Å². The lowest BCUT2D eigenvalue weighted by Gasteiger charge is -2.29. The van der Waals surface area contributed by atoms with Crippen molar-refractivity contribution in [2.24, 2.45) is 0 Å². The number of hydrogen-bond acceptors (Lipinski definition) is 4. The molecule has 0 aromatic carbocycles. The first kappa shape index (κ1) is 11.8. The number of amides is 1. The average Bonchev–Trinajstić information content (AvgIpc) is 2.38. The van der Waals surface area contributed by atoms with Crippen molar-refractivity contribution in [2.75, 3.05) is 19.7 Å². The van der Waals surface area contributed by atoms with Crippen LogP contribution in [0.25, 0.3) is 0 Å². The van der Waals surface area contributed by atoms with Gasteiger partial charge in [-0.05, 0) is 12.1 Å². The molecule has 1 aromatic heterocycles. The highest BCUT2D eigenvalue weighted by molar-refractivity contribution is 6.29. The van der Waals surface area contributed by atoms with E-state index >= 15 is 0 Å². The largest absolute Gasteiger partial charge is 0.360 e. The Morgan fingerprint density at radius 1 is 1.71 bits per heavy atom. The molecule has 6 heteroatoms. The number of morpholine rings is 1. The molecule has 0 spiro atoms. The van der Waals surface area contributed by atoms with Crippen molar-refractivity contribution in [3.63, 3.8) is 0 Å². The van der Waals surface area contributed by atoms with Crippen molar-refractivity contribution in [1.82, 2.24) is 9.88 Å². The van der Waals surface area contributed by atoms with Crippen LogP contribution >= 0.6 is 11.6 Å². The molecule has 17 heavy (non-hydrogen) atoms. The van der Waals surface area contributed by atoms with Gasteiger partial charge in [0.2, 0.25) is 0 Å². The average molecular weight is 252 g/mol. The Bertz CT molecular complexity index is 472. The van der Waals surface area contributed by atoms with Gasteiger partial charge in [0.25, 0.3) is 5.91 Å². The quantitative estimate of drug-likeness (QED) is 0.701. The van der Waals surface area contributed by atoms with Crippen LogP contribution in [0.1, 0.15) is 10.4 Å². The maximum atomic E-state index is 12.1. The lowest BCUT2D eigenvalue weighted by Crippen LogP contribution is -2.45. The normalized spacial score (nSPS) is 19.8. The monoisotopic (exact) mass is 251 g/mol. The molecule has 0 aliphatic carbocycles. The van der Waals surface area contributed by atoms with Gasteiger partial charge >= 0.3 is 0 Å². The molecule has 1 atom stereocenters. The molecular weight excluding hydrogens is 242 g/mol. The van der Waals surface area contributed by atoms with Crippen LogP contribution in [0.15, 0.2) is 18.3 Å². The fourth-order valence-corrected chi connectivity index (χ4v) is 1.80. The molecule has 2 rings (SSSR count). The predicted octanol–water partition coefficient (Wildman–Crippen LogP) is 1.10. The summed E-state index contributed by atoms with van der Waals surface area (Å²) in [6, 6.07) is 5.11. The summed E-state index contributed by atoms with van der Waals surface area (Å²) >= 11 is 5.72. The van der Waals surface area contributed by atoms with Crippen LogP contribution in [0.3, 0.4) is 0 Å². The standard InChI is InChI=1S/C11H10ClN3O2/c12-10-5-8(1-2-14-10)11(16)15-3-4-17-9(6-13)7-15/h1-2,5,9H,3-4,7H2. The molecule has 0 radical (unpaired) electrons. The second-order valence-corrected chi connectivity index (χ2v) is 3.99. The van der Waals surface area contributed by atoms with E-state index < -0.39 is 6.10 Å². The molecular formula is C11H10ClN3O2. The van der Waals surface area contributed by atoms with Gasteiger partial charge in [-0.2, -0.15) is 5.26 Å². The topological polar surface area (TPSA) is 66.2 Å². The van der Waals surface area contributed by atoms with Gasteiger partial charge in [-0.25, -0.2) is 4.98 Å². The Hall–Kier alpha value is -1.64. The maximum Gasteiger partial charge on any atom is 0.254 e. The number of ether oxygens (including phenoxy) is 1. The Kier molecular flexibility index (Phi) is 3.57. The van der Waals surface area contributed by atoms with Crippen LogP contribution in [0, 0.1) is 11.3 Å². The van der Waals surface area contributed by atoms with E-state index in [9.17, 15) is 4.79 Å². The van der Waals surface area contributed by atoms with Crippen molar-refractivity contribution in [1.29, 1.82) is 5.26 Å². The van der Waals surface area contributed by atoms with Crippen molar-refractivity contribution in [3.05, 3.63) is 29.0 Å². The zero-order chi connectivity index (χ0) is 12.3. The fraction of sp³-hybridized carbons (Fsp3) is 0.364. The van der Waals surface area contributed by atoms with Gasteiger partial charge in [0, 0.05) is 18.3 Å². The van der Waals surface area contributed by atoms with Gasteiger partial charge in [-0.15, -0.1) is 0 Å². The second kappa shape index (κ2) is 5.13. The summed E-state index contributed by atoms with van der Waals surface area (Å²) in [6.45, 7) is 1.15. The molecule has 5 nitrogen and oxygen atoms in total. The Morgan fingerprint density at radius 2 is 2.53 bits per heavy atom. The molecule has 1 amide bonds. The maximum absolute atomic E-state index is 12.1. The third-order valence-corrected chi connectivity index (χ3v) is 2.68. The molecule has 0 N–H and O–H groups in total. The number of carbonyl (C=O) groups excluding carboxylic acids is 1. The summed E-state index contributed by atoms with van der Waals surface area (Å²) in [5.41, 5.74) is 0.476. The first-order valence-corrected chi connectivity index (χ1v) is 5.50. The molecule has 1 aliphatic heterocycles. The van der Waals surface area contributed by atoms with E-state index in [1.165, 1.54) is 12.3 Å². The van der Waals surface area contributed by atoms with Gasteiger partial charge in [-0.3, -0.25) is 4.79 Å². The number of pyridine rings is 1. The molecule has 1 saturated heterocycles. The minimum atomic E-state index is -0.551. The van der Waals surface area contributed by atoms with E-state index in [2.05, 4.69) is 4.98 Å². The van der Waals surface area contributed by atoms with Crippen LogP contribution in [0.5, 0.6) is 0 Å². The number of nitriles is 1. The third kappa shape index (κ3) is 2.73. The molecule has 2 heterocycles. The molecule has 0 saturated carbocycles. The number of carbonyl (C=O) groups is 1. The summed E-state index contributed by atoms with van der Waals surface area (Å²) in [6.07, 6.45) is 0.933. The zero-order valence-electron chi connectivity index (χ0n) is 8.97. The summed E-state index contributed by atoms with van der Waals surface area (Å²) in [5.74, 6) is -0.155. The zero-order valence-corrected chi connectivity index (χ0v) is 9.72. The van der Waals surface area contributed by atoms with Gasteiger partial charge in [0.1, 0.15) is 5.15 Å². The molecule has 1 aromatic rings. The van der Waals surface area contributed by atoms with Gasteiger partial charge in [0.15, 0.2) is 6.10 Å². The first-order chi connectivity index (χ1) is 8.20. The van der Waals surface area contributed by atoms with Crippen LogP contribution in [-0.4, -0.2) is 41.6 Å². The number of nitrogens with zero attached hydrogens (tertiary/aromatic N) is 3. The van der Waals surface area contributed by atoms with E-state index in [0.717, 1.165) is 0 Å².